The van der Waals surface area contributed by atoms with Crippen LogP contribution in [0.15, 0.2) is 43.0 Å². The van der Waals surface area contributed by atoms with Crippen LogP contribution in [0.5, 0.6) is 0 Å². The number of hydrogen-bond acceptors (Lipinski definition) is 5. The van der Waals surface area contributed by atoms with Gasteiger partial charge in [-0.05, 0) is 26.3 Å². The number of carbonyl (C=O) groups is 2. The molecule has 0 fully saturated rings. The second-order valence-corrected chi connectivity index (χ2v) is 6.69. The van der Waals surface area contributed by atoms with Crippen molar-refractivity contribution >= 4 is 12.1 Å². The van der Waals surface area contributed by atoms with Crippen LogP contribution in [0.1, 0.15) is 32.8 Å². The van der Waals surface area contributed by atoms with E-state index in [9.17, 15) is 14.7 Å². The molecule has 0 radical (unpaired) electrons. The molecule has 0 aliphatic carbocycles. The first-order valence-corrected chi connectivity index (χ1v) is 8.19. The van der Waals surface area contributed by atoms with Crippen LogP contribution >= 0.6 is 0 Å². The first-order valence-electron chi connectivity index (χ1n) is 8.19. The van der Waals surface area contributed by atoms with Gasteiger partial charge in [0, 0.05) is 6.42 Å². The zero-order chi connectivity index (χ0) is 18.9. The molecular weight excluding hydrogens is 322 g/mol. The number of ether oxygens (including phenoxy) is 2. The standard InChI is InChI=1S/C19H27NO5/c1-5-11-24-18(23)20-15(13-17(22)25-19(2,3)4)16(21)12-14-9-7-6-8-10-14/h5-10,15-16,21H,1,11-13H2,2-4H3,(H,20,23)/t15-,16?/m0/s1. The fourth-order valence-electron chi connectivity index (χ4n) is 2.17. The lowest BCUT2D eigenvalue weighted by molar-refractivity contribution is -0.156. The van der Waals surface area contributed by atoms with E-state index in [0.717, 1.165) is 5.56 Å². The minimum absolute atomic E-state index is 0.0414. The van der Waals surface area contributed by atoms with Crippen LogP contribution < -0.4 is 5.32 Å². The zero-order valence-corrected chi connectivity index (χ0v) is 15.0. The summed E-state index contributed by atoms with van der Waals surface area (Å²) in [5.74, 6) is -0.506. The lowest BCUT2D eigenvalue weighted by atomic mass is 9.99. The van der Waals surface area contributed by atoms with E-state index in [2.05, 4.69) is 11.9 Å². The molecule has 0 bridgehead atoms. The molecule has 1 amide bonds. The van der Waals surface area contributed by atoms with Gasteiger partial charge in [0.1, 0.15) is 12.2 Å². The Morgan fingerprint density at radius 2 is 1.92 bits per heavy atom. The average molecular weight is 349 g/mol. The molecule has 25 heavy (non-hydrogen) atoms. The maximum Gasteiger partial charge on any atom is 0.407 e. The highest BCUT2D eigenvalue weighted by atomic mass is 16.6. The number of amides is 1. The van der Waals surface area contributed by atoms with Crippen LogP contribution in [-0.2, 0) is 20.7 Å². The Labute approximate surface area is 148 Å². The maximum absolute atomic E-state index is 12.1. The van der Waals surface area contributed by atoms with Crippen molar-refractivity contribution in [3.8, 4) is 0 Å². The van der Waals surface area contributed by atoms with Crippen molar-refractivity contribution in [2.45, 2.75) is 51.4 Å². The summed E-state index contributed by atoms with van der Waals surface area (Å²) < 4.78 is 10.1. The van der Waals surface area contributed by atoms with Gasteiger partial charge < -0.3 is 19.9 Å². The van der Waals surface area contributed by atoms with E-state index in [-0.39, 0.29) is 19.4 Å². The van der Waals surface area contributed by atoms with Crippen molar-refractivity contribution in [3.05, 3.63) is 48.6 Å². The van der Waals surface area contributed by atoms with Crippen LogP contribution in [0.2, 0.25) is 0 Å². The summed E-state index contributed by atoms with van der Waals surface area (Å²) in [5.41, 5.74) is 0.250. The molecule has 2 N–H and O–H groups in total. The Morgan fingerprint density at radius 1 is 1.28 bits per heavy atom. The highest BCUT2D eigenvalue weighted by Gasteiger charge is 2.27. The van der Waals surface area contributed by atoms with Gasteiger partial charge in [-0.15, -0.1) is 0 Å². The number of carbonyl (C=O) groups excluding carboxylic acids is 2. The minimum atomic E-state index is -0.966. The van der Waals surface area contributed by atoms with Crippen LogP contribution in [0.3, 0.4) is 0 Å². The Hall–Kier alpha value is -2.34. The molecule has 1 aromatic rings. The molecule has 1 rings (SSSR count). The summed E-state index contributed by atoms with van der Waals surface area (Å²) in [6.07, 6.45) is -0.125. The predicted octanol–water partition coefficient (Wildman–Crippen LogP) is 2.60. The second-order valence-electron chi connectivity index (χ2n) is 6.69. The van der Waals surface area contributed by atoms with E-state index in [1.807, 2.05) is 30.3 Å². The molecular formula is C19H27NO5. The van der Waals surface area contributed by atoms with E-state index in [0.29, 0.717) is 0 Å². The van der Waals surface area contributed by atoms with Crippen molar-refractivity contribution in [1.82, 2.24) is 5.32 Å². The van der Waals surface area contributed by atoms with Gasteiger partial charge in [-0.3, -0.25) is 4.79 Å². The summed E-state index contributed by atoms with van der Waals surface area (Å²) in [4.78, 5) is 23.9. The molecule has 0 saturated heterocycles. The second kappa shape index (κ2) is 9.84. The van der Waals surface area contributed by atoms with Gasteiger partial charge in [0.05, 0.1) is 18.6 Å². The first kappa shape index (κ1) is 20.7. The van der Waals surface area contributed by atoms with Gasteiger partial charge in [0.2, 0.25) is 0 Å². The Bertz CT molecular complexity index is 565. The number of benzene rings is 1. The molecule has 0 aliphatic rings. The number of alkyl carbamates (subject to hydrolysis) is 1. The van der Waals surface area contributed by atoms with Crippen molar-refractivity contribution in [1.29, 1.82) is 0 Å². The smallest absolute Gasteiger partial charge is 0.407 e. The summed E-state index contributed by atoms with van der Waals surface area (Å²) in [7, 11) is 0. The van der Waals surface area contributed by atoms with Crippen LogP contribution in [0, 0.1) is 0 Å². The van der Waals surface area contributed by atoms with Crippen LogP contribution in [-0.4, -0.2) is 41.5 Å². The lowest BCUT2D eigenvalue weighted by Gasteiger charge is -2.26. The fourth-order valence-corrected chi connectivity index (χ4v) is 2.17. The van der Waals surface area contributed by atoms with Crippen LogP contribution in [0.25, 0.3) is 0 Å². The van der Waals surface area contributed by atoms with Crippen LogP contribution in [0.4, 0.5) is 4.79 Å². The van der Waals surface area contributed by atoms with Gasteiger partial charge >= 0.3 is 12.1 Å². The molecule has 0 aromatic heterocycles. The number of rotatable bonds is 8. The number of nitrogens with one attached hydrogen (secondary N) is 1. The van der Waals surface area contributed by atoms with Crippen molar-refractivity contribution < 1.29 is 24.2 Å². The normalized spacial score (nSPS) is 13.4. The summed E-state index contributed by atoms with van der Waals surface area (Å²) in [6, 6.07) is 8.49. The summed E-state index contributed by atoms with van der Waals surface area (Å²) >= 11 is 0. The van der Waals surface area contributed by atoms with Crippen molar-refractivity contribution in [3.63, 3.8) is 0 Å². The molecule has 1 aromatic carbocycles. The van der Waals surface area contributed by atoms with Crippen molar-refractivity contribution in [2.75, 3.05) is 6.61 Å². The van der Waals surface area contributed by atoms with Crippen molar-refractivity contribution in [2.24, 2.45) is 0 Å². The predicted molar refractivity (Wildman–Crippen MR) is 95.1 cm³/mol. The van der Waals surface area contributed by atoms with E-state index in [1.54, 1.807) is 20.8 Å². The quantitative estimate of drug-likeness (QED) is 0.557. The SMILES string of the molecule is C=CCOC(=O)N[C@@H](CC(=O)OC(C)(C)C)C(O)Cc1ccccc1. The molecule has 1 unspecified atom stereocenters. The third-order valence-electron chi connectivity index (χ3n) is 3.19. The van der Waals surface area contributed by atoms with E-state index in [4.69, 9.17) is 9.47 Å². The Morgan fingerprint density at radius 3 is 2.48 bits per heavy atom. The minimum Gasteiger partial charge on any atom is -0.460 e. The van der Waals surface area contributed by atoms with Gasteiger partial charge in [-0.25, -0.2) is 4.79 Å². The van der Waals surface area contributed by atoms with Gasteiger partial charge in [0.25, 0.3) is 0 Å². The molecule has 0 saturated carbocycles. The van der Waals surface area contributed by atoms with Gasteiger partial charge in [0.15, 0.2) is 0 Å². The number of hydrogen-bond donors (Lipinski definition) is 2. The molecule has 6 nitrogen and oxygen atoms in total. The van der Waals surface area contributed by atoms with E-state index >= 15 is 0 Å². The Kier molecular flexibility index (Phi) is 8.15. The molecule has 138 valence electrons. The molecule has 0 aliphatic heterocycles. The lowest BCUT2D eigenvalue weighted by Crippen LogP contribution is -2.46. The average Bonchev–Trinajstić information content (AvgIpc) is 2.51. The fraction of sp³-hybridized carbons (Fsp3) is 0.474. The third-order valence-corrected chi connectivity index (χ3v) is 3.19. The highest BCUT2D eigenvalue weighted by molar-refractivity contribution is 5.73. The first-order chi connectivity index (χ1) is 11.7. The van der Waals surface area contributed by atoms with Gasteiger partial charge in [-0.1, -0.05) is 43.0 Å². The topological polar surface area (TPSA) is 84.9 Å². The summed E-state index contributed by atoms with van der Waals surface area (Å²) in [6.45, 7) is 8.77. The highest BCUT2D eigenvalue weighted by Crippen LogP contribution is 2.13. The number of aliphatic hydroxyl groups is 1. The zero-order valence-electron chi connectivity index (χ0n) is 15.0. The molecule has 2 atom stereocenters. The Balaban J connectivity index is 2.76. The van der Waals surface area contributed by atoms with E-state index < -0.39 is 29.8 Å². The third kappa shape index (κ3) is 8.91. The maximum atomic E-state index is 12.1. The largest absolute Gasteiger partial charge is 0.460 e. The summed E-state index contributed by atoms with van der Waals surface area (Å²) in [5, 5.41) is 13.0. The number of aliphatic hydroxyl groups excluding tert-OH is 1. The molecule has 0 heterocycles. The number of esters is 1. The van der Waals surface area contributed by atoms with Gasteiger partial charge in [-0.2, -0.15) is 0 Å². The van der Waals surface area contributed by atoms with E-state index in [1.165, 1.54) is 6.08 Å². The molecule has 6 heteroatoms. The molecule has 0 spiro atoms. The monoisotopic (exact) mass is 349 g/mol.